The number of thiophene rings is 1. The number of aryl methyl sites for hydroxylation is 2. The molecule has 0 fully saturated rings. The van der Waals surface area contributed by atoms with Crippen LogP contribution < -0.4 is 5.56 Å². The molecule has 0 bridgehead atoms. The molecule has 0 amide bonds. The molecule has 0 saturated carbocycles. The summed E-state index contributed by atoms with van der Waals surface area (Å²) in [6.07, 6.45) is 4.44. The summed E-state index contributed by atoms with van der Waals surface area (Å²) in [4.78, 5) is 25.2. The highest BCUT2D eigenvalue weighted by molar-refractivity contribution is 7.18. The molecule has 33 heavy (non-hydrogen) atoms. The zero-order chi connectivity index (χ0) is 22.6. The highest BCUT2D eigenvalue weighted by Gasteiger charge is 2.21. The molecule has 5 nitrogen and oxygen atoms in total. The minimum Gasteiger partial charge on any atom is -0.391 e. The number of aliphatic hydroxyl groups is 1. The van der Waals surface area contributed by atoms with Crippen LogP contribution >= 0.6 is 11.3 Å². The lowest BCUT2D eigenvalue weighted by molar-refractivity contribution is 0.103. The monoisotopic (exact) mass is 459 g/mol. The van der Waals surface area contributed by atoms with Crippen molar-refractivity contribution in [1.82, 2.24) is 14.9 Å². The lowest BCUT2D eigenvalue weighted by Crippen LogP contribution is -2.34. The van der Waals surface area contributed by atoms with Crippen molar-refractivity contribution in [2.45, 2.75) is 51.3 Å². The van der Waals surface area contributed by atoms with Gasteiger partial charge >= 0.3 is 0 Å². The SMILES string of the molecule is O=c1[nH]c(CN(Cc2ccccc2)CC(O)Cc2ccccc2)nc2sc3c(c12)CCCC3. The normalized spacial score (nSPS) is 14.5. The van der Waals surface area contributed by atoms with Crippen molar-refractivity contribution in [3.8, 4) is 0 Å². The van der Waals surface area contributed by atoms with Crippen molar-refractivity contribution in [3.63, 3.8) is 0 Å². The van der Waals surface area contributed by atoms with Crippen LogP contribution in [-0.2, 0) is 32.4 Å². The second-order valence-electron chi connectivity index (χ2n) is 8.90. The summed E-state index contributed by atoms with van der Waals surface area (Å²) in [7, 11) is 0. The van der Waals surface area contributed by atoms with Gasteiger partial charge in [-0.05, 0) is 48.8 Å². The standard InChI is InChI=1S/C27H29N3O2S/c31-21(15-19-9-3-1-4-10-19)17-30(16-20-11-5-2-6-12-20)18-24-28-26(32)25-22-13-7-8-14-23(22)33-27(25)29-24/h1-6,9-12,21,31H,7-8,13-18H2,(H,28,29,32). The number of hydrogen-bond acceptors (Lipinski definition) is 5. The van der Waals surface area contributed by atoms with Gasteiger partial charge in [-0.3, -0.25) is 9.69 Å². The first kappa shape index (κ1) is 22.0. The van der Waals surface area contributed by atoms with Crippen molar-refractivity contribution in [1.29, 1.82) is 0 Å². The number of H-pyrrole nitrogens is 1. The highest BCUT2D eigenvalue weighted by Crippen LogP contribution is 2.33. The van der Waals surface area contributed by atoms with Crippen molar-refractivity contribution < 1.29 is 5.11 Å². The molecule has 170 valence electrons. The molecule has 1 unspecified atom stereocenters. The number of nitrogens with zero attached hydrogens (tertiary/aromatic N) is 2. The van der Waals surface area contributed by atoms with Crippen LogP contribution in [0.1, 0.15) is 40.2 Å². The van der Waals surface area contributed by atoms with Gasteiger partial charge in [-0.2, -0.15) is 0 Å². The number of aromatic amines is 1. The van der Waals surface area contributed by atoms with Crippen LogP contribution in [0.15, 0.2) is 65.5 Å². The van der Waals surface area contributed by atoms with Crippen molar-refractivity contribution in [3.05, 3.63) is 98.4 Å². The molecule has 4 aromatic rings. The second-order valence-corrected chi connectivity index (χ2v) is 9.99. The summed E-state index contributed by atoms with van der Waals surface area (Å²) in [6, 6.07) is 20.3. The number of benzene rings is 2. The van der Waals surface area contributed by atoms with Crippen LogP contribution in [0.5, 0.6) is 0 Å². The van der Waals surface area contributed by atoms with E-state index in [2.05, 4.69) is 22.0 Å². The van der Waals surface area contributed by atoms with E-state index in [0.717, 1.165) is 35.0 Å². The summed E-state index contributed by atoms with van der Waals surface area (Å²) in [5, 5.41) is 11.6. The molecule has 2 aromatic heterocycles. The van der Waals surface area contributed by atoms with E-state index in [1.54, 1.807) is 11.3 Å². The zero-order valence-corrected chi connectivity index (χ0v) is 19.5. The molecule has 2 heterocycles. The maximum Gasteiger partial charge on any atom is 0.259 e. The maximum absolute atomic E-state index is 13.0. The molecule has 1 aliphatic carbocycles. The third-order valence-electron chi connectivity index (χ3n) is 6.28. The number of hydrogen-bond donors (Lipinski definition) is 2. The van der Waals surface area contributed by atoms with Gasteiger partial charge in [-0.1, -0.05) is 60.7 Å². The third kappa shape index (κ3) is 5.24. The van der Waals surface area contributed by atoms with Gasteiger partial charge in [-0.25, -0.2) is 4.98 Å². The summed E-state index contributed by atoms with van der Waals surface area (Å²) in [5.41, 5.74) is 3.46. The Bertz CT molecular complexity index is 1270. The van der Waals surface area contributed by atoms with Crippen molar-refractivity contribution in [2.24, 2.45) is 0 Å². The van der Waals surface area contributed by atoms with E-state index >= 15 is 0 Å². The Hall–Kier alpha value is -2.80. The predicted molar refractivity (Wildman–Crippen MR) is 134 cm³/mol. The van der Waals surface area contributed by atoms with Crippen LogP contribution in [0.2, 0.25) is 0 Å². The van der Waals surface area contributed by atoms with Crippen LogP contribution in [0.25, 0.3) is 10.2 Å². The van der Waals surface area contributed by atoms with Crippen LogP contribution in [0.3, 0.4) is 0 Å². The fraction of sp³-hybridized carbons (Fsp3) is 0.333. The Morgan fingerprint density at radius 2 is 1.67 bits per heavy atom. The average molecular weight is 460 g/mol. The molecular formula is C27H29N3O2S. The summed E-state index contributed by atoms with van der Waals surface area (Å²) in [6.45, 7) is 1.65. The van der Waals surface area contributed by atoms with Crippen molar-refractivity contribution >= 4 is 21.6 Å². The Labute approximate surface area is 197 Å². The van der Waals surface area contributed by atoms with Gasteiger partial charge in [0.25, 0.3) is 5.56 Å². The number of aliphatic hydroxyl groups excluding tert-OH is 1. The maximum atomic E-state index is 13.0. The average Bonchev–Trinajstić information content (AvgIpc) is 3.19. The fourth-order valence-corrected chi connectivity index (χ4v) is 6.05. The second kappa shape index (κ2) is 10.00. The van der Waals surface area contributed by atoms with E-state index in [4.69, 9.17) is 4.98 Å². The molecule has 0 spiro atoms. The number of aromatic nitrogens is 2. The Kier molecular flexibility index (Phi) is 6.67. The Balaban J connectivity index is 1.39. The number of fused-ring (bicyclic) bond motifs is 3. The topological polar surface area (TPSA) is 69.2 Å². The van der Waals surface area contributed by atoms with E-state index in [9.17, 15) is 9.90 Å². The fourth-order valence-electron chi connectivity index (χ4n) is 4.77. The quantitative estimate of drug-likeness (QED) is 0.408. The summed E-state index contributed by atoms with van der Waals surface area (Å²) < 4.78 is 0. The van der Waals surface area contributed by atoms with E-state index in [-0.39, 0.29) is 5.56 Å². The van der Waals surface area contributed by atoms with Crippen LogP contribution in [-0.4, -0.2) is 32.6 Å². The predicted octanol–water partition coefficient (Wildman–Crippen LogP) is 4.47. The van der Waals surface area contributed by atoms with Gasteiger partial charge in [0.2, 0.25) is 0 Å². The van der Waals surface area contributed by atoms with Crippen LogP contribution in [0.4, 0.5) is 0 Å². The smallest absolute Gasteiger partial charge is 0.259 e. The molecule has 1 atom stereocenters. The summed E-state index contributed by atoms with van der Waals surface area (Å²) in [5.74, 6) is 0.661. The first-order valence-corrected chi connectivity index (χ1v) is 12.5. The van der Waals surface area contributed by atoms with Crippen LogP contribution in [0, 0.1) is 0 Å². The molecule has 0 radical (unpaired) electrons. The molecule has 2 aromatic carbocycles. The van der Waals surface area contributed by atoms with Gasteiger partial charge in [-0.15, -0.1) is 11.3 Å². The lowest BCUT2D eigenvalue weighted by atomic mass is 9.97. The molecule has 0 saturated heterocycles. The van der Waals surface area contributed by atoms with Gasteiger partial charge in [0.1, 0.15) is 10.7 Å². The Morgan fingerprint density at radius 3 is 2.42 bits per heavy atom. The minimum atomic E-state index is -0.513. The number of nitrogens with one attached hydrogen (secondary N) is 1. The largest absolute Gasteiger partial charge is 0.391 e. The van der Waals surface area contributed by atoms with Gasteiger partial charge in [0.05, 0.1) is 18.0 Å². The number of rotatable bonds is 8. The van der Waals surface area contributed by atoms with Gasteiger partial charge in [0, 0.05) is 18.0 Å². The molecule has 6 heteroatoms. The van der Waals surface area contributed by atoms with E-state index in [0.29, 0.717) is 31.9 Å². The van der Waals surface area contributed by atoms with Gasteiger partial charge in [0.15, 0.2) is 0 Å². The zero-order valence-electron chi connectivity index (χ0n) is 18.7. The molecular weight excluding hydrogens is 430 g/mol. The minimum absolute atomic E-state index is 0.0288. The Morgan fingerprint density at radius 1 is 0.970 bits per heavy atom. The highest BCUT2D eigenvalue weighted by atomic mass is 32.1. The van der Waals surface area contributed by atoms with E-state index < -0.39 is 6.10 Å². The first-order chi connectivity index (χ1) is 16.2. The van der Waals surface area contributed by atoms with Gasteiger partial charge < -0.3 is 10.1 Å². The lowest BCUT2D eigenvalue weighted by Gasteiger charge is -2.25. The first-order valence-electron chi connectivity index (χ1n) is 11.7. The molecule has 5 rings (SSSR count). The van der Waals surface area contributed by atoms with E-state index in [1.165, 1.54) is 22.4 Å². The molecule has 0 aliphatic heterocycles. The molecule has 1 aliphatic rings. The van der Waals surface area contributed by atoms with E-state index in [1.807, 2.05) is 48.5 Å². The van der Waals surface area contributed by atoms with Crippen molar-refractivity contribution in [2.75, 3.05) is 6.54 Å². The third-order valence-corrected chi connectivity index (χ3v) is 7.47. The summed E-state index contributed by atoms with van der Waals surface area (Å²) >= 11 is 1.68. The molecule has 2 N–H and O–H groups in total.